The molecule has 1 N–H and O–H groups in total. The molecule has 0 radical (unpaired) electrons. The molecule has 0 aliphatic rings. The number of nitrogens with zero attached hydrogens (tertiary/aromatic N) is 1. The molecular weight excluding hydrogens is 268 g/mol. The summed E-state index contributed by atoms with van der Waals surface area (Å²) in [5.41, 5.74) is 1.91. The molecule has 2 aromatic carbocycles. The molecule has 0 amide bonds. The summed E-state index contributed by atoms with van der Waals surface area (Å²) in [6.07, 6.45) is 0.982. The van der Waals surface area contributed by atoms with Gasteiger partial charge < -0.3 is 10.1 Å². The van der Waals surface area contributed by atoms with Gasteiger partial charge in [0.15, 0.2) is 0 Å². The lowest BCUT2D eigenvalue weighted by atomic mass is 10.2. The average Bonchev–Trinajstić information content (AvgIpc) is 2.52. The number of rotatable bonds is 7. The Morgan fingerprint density at radius 1 is 1.19 bits per heavy atom. The zero-order chi connectivity index (χ0) is 15.1. The highest BCUT2D eigenvalue weighted by Crippen LogP contribution is 2.18. The van der Waals surface area contributed by atoms with Crippen LogP contribution in [0.1, 0.15) is 18.9 Å². The molecule has 0 atom stereocenters. The monoisotopic (exact) mass is 286 g/mol. The fourth-order valence-electron chi connectivity index (χ4n) is 1.86. The highest BCUT2D eigenvalue weighted by molar-refractivity contribution is 5.51. The maximum Gasteiger partial charge on any atom is 0.271 e. The van der Waals surface area contributed by atoms with Crippen LogP contribution in [0.15, 0.2) is 48.5 Å². The zero-order valence-corrected chi connectivity index (χ0v) is 11.9. The first-order valence-electron chi connectivity index (χ1n) is 6.89. The molecule has 2 rings (SSSR count). The Bertz CT molecular complexity index is 597. The van der Waals surface area contributed by atoms with E-state index in [1.54, 1.807) is 6.07 Å². The van der Waals surface area contributed by atoms with Crippen molar-refractivity contribution in [2.75, 3.05) is 11.9 Å². The van der Waals surface area contributed by atoms with Gasteiger partial charge in [0.25, 0.3) is 5.69 Å². The van der Waals surface area contributed by atoms with Crippen LogP contribution in [0.25, 0.3) is 0 Å². The Kier molecular flexibility index (Phi) is 5.15. The lowest BCUT2D eigenvalue weighted by molar-refractivity contribution is -0.384. The van der Waals surface area contributed by atoms with Crippen LogP contribution in [0.2, 0.25) is 0 Å². The topological polar surface area (TPSA) is 64.4 Å². The van der Waals surface area contributed by atoms with Gasteiger partial charge >= 0.3 is 0 Å². The van der Waals surface area contributed by atoms with E-state index in [0.717, 1.165) is 23.4 Å². The van der Waals surface area contributed by atoms with Crippen LogP contribution in [-0.2, 0) is 6.54 Å². The van der Waals surface area contributed by atoms with Gasteiger partial charge in [0.1, 0.15) is 5.75 Å². The molecule has 0 saturated carbocycles. The van der Waals surface area contributed by atoms with E-state index in [9.17, 15) is 10.1 Å². The van der Waals surface area contributed by atoms with E-state index in [4.69, 9.17) is 4.74 Å². The minimum absolute atomic E-state index is 0.0864. The van der Waals surface area contributed by atoms with Crippen LogP contribution in [0.4, 0.5) is 11.4 Å². The van der Waals surface area contributed by atoms with Crippen molar-refractivity contribution >= 4 is 11.4 Å². The van der Waals surface area contributed by atoms with E-state index in [0.29, 0.717) is 13.2 Å². The summed E-state index contributed by atoms with van der Waals surface area (Å²) in [4.78, 5) is 10.3. The van der Waals surface area contributed by atoms with Gasteiger partial charge in [-0.05, 0) is 30.2 Å². The van der Waals surface area contributed by atoms with Crippen LogP contribution in [0, 0.1) is 10.1 Å². The predicted octanol–water partition coefficient (Wildman–Crippen LogP) is 4.00. The second-order valence-corrected chi connectivity index (χ2v) is 4.65. The zero-order valence-electron chi connectivity index (χ0n) is 11.9. The average molecular weight is 286 g/mol. The largest absolute Gasteiger partial charge is 0.494 e. The third-order valence-corrected chi connectivity index (χ3v) is 2.95. The molecule has 0 aliphatic heterocycles. The van der Waals surface area contributed by atoms with E-state index in [-0.39, 0.29) is 5.69 Å². The van der Waals surface area contributed by atoms with Gasteiger partial charge in [0, 0.05) is 24.4 Å². The van der Waals surface area contributed by atoms with E-state index in [1.165, 1.54) is 12.1 Å². The van der Waals surface area contributed by atoms with Crippen molar-refractivity contribution < 1.29 is 9.66 Å². The molecule has 0 bridgehead atoms. The van der Waals surface area contributed by atoms with Crippen LogP contribution < -0.4 is 10.1 Å². The predicted molar refractivity (Wildman–Crippen MR) is 82.7 cm³/mol. The number of nitro benzene ring substituents is 1. The SMILES string of the molecule is CCCOc1ccc(CNc2cccc([N+](=O)[O-])c2)cc1. The fourth-order valence-corrected chi connectivity index (χ4v) is 1.86. The second kappa shape index (κ2) is 7.28. The van der Waals surface area contributed by atoms with Gasteiger partial charge in [0.05, 0.1) is 11.5 Å². The normalized spacial score (nSPS) is 10.1. The molecule has 21 heavy (non-hydrogen) atoms. The summed E-state index contributed by atoms with van der Waals surface area (Å²) < 4.78 is 5.52. The lowest BCUT2D eigenvalue weighted by Gasteiger charge is -2.08. The summed E-state index contributed by atoms with van der Waals surface area (Å²) in [6.45, 7) is 3.39. The molecular formula is C16H18N2O3. The Hall–Kier alpha value is -2.56. The third-order valence-electron chi connectivity index (χ3n) is 2.95. The van der Waals surface area contributed by atoms with Gasteiger partial charge in [-0.2, -0.15) is 0 Å². The van der Waals surface area contributed by atoms with Gasteiger partial charge in [0.2, 0.25) is 0 Å². The highest BCUT2D eigenvalue weighted by Gasteiger charge is 2.05. The van der Waals surface area contributed by atoms with Crippen molar-refractivity contribution in [1.82, 2.24) is 0 Å². The number of ether oxygens (including phenoxy) is 1. The maximum atomic E-state index is 10.7. The quantitative estimate of drug-likeness (QED) is 0.617. The molecule has 110 valence electrons. The molecule has 0 unspecified atom stereocenters. The van der Waals surface area contributed by atoms with E-state index in [1.807, 2.05) is 30.3 Å². The first-order chi connectivity index (χ1) is 10.2. The van der Waals surface area contributed by atoms with Crippen molar-refractivity contribution in [3.8, 4) is 5.75 Å². The summed E-state index contributed by atoms with van der Waals surface area (Å²) >= 11 is 0. The molecule has 0 heterocycles. The third kappa shape index (κ3) is 4.49. The van der Waals surface area contributed by atoms with E-state index in [2.05, 4.69) is 12.2 Å². The number of nitro groups is 1. The molecule has 5 nitrogen and oxygen atoms in total. The summed E-state index contributed by atoms with van der Waals surface area (Å²) in [5, 5.41) is 13.9. The van der Waals surface area contributed by atoms with Crippen molar-refractivity contribution in [1.29, 1.82) is 0 Å². The molecule has 0 spiro atoms. The minimum Gasteiger partial charge on any atom is -0.494 e. The Morgan fingerprint density at radius 3 is 2.62 bits per heavy atom. The fraction of sp³-hybridized carbons (Fsp3) is 0.250. The van der Waals surface area contributed by atoms with Gasteiger partial charge in [-0.3, -0.25) is 10.1 Å². The molecule has 5 heteroatoms. The first kappa shape index (κ1) is 14.8. The smallest absolute Gasteiger partial charge is 0.271 e. The maximum absolute atomic E-state index is 10.7. The Balaban J connectivity index is 1.93. The summed E-state index contributed by atoms with van der Waals surface area (Å²) in [7, 11) is 0. The van der Waals surface area contributed by atoms with Crippen molar-refractivity contribution in [2.24, 2.45) is 0 Å². The number of hydrogen-bond donors (Lipinski definition) is 1. The van der Waals surface area contributed by atoms with Gasteiger partial charge in [-0.15, -0.1) is 0 Å². The molecule has 0 aromatic heterocycles. The number of nitrogens with one attached hydrogen (secondary N) is 1. The number of benzene rings is 2. The summed E-state index contributed by atoms with van der Waals surface area (Å²) in [6, 6.07) is 14.3. The van der Waals surface area contributed by atoms with Crippen molar-refractivity contribution in [2.45, 2.75) is 19.9 Å². The molecule has 0 aliphatic carbocycles. The Morgan fingerprint density at radius 2 is 1.95 bits per heavy atom. The van der Waals surface area contributed by atoms with Gasteiger partial charge in [-0.25, -0.2) is 0 Å². The number of anilines is 1. The lowest BCUT2D eigenvalue weighted by Crippen LogP contribution is -2.00. The molecule has 2 aromatic rings. The van der Waals surface area contributed by atoms with E-state index < -0.39 is 4.92 Å². The van der Waals surface area contributed by atoms with Gasteiger partial charge in [-0.1, -0.05) is 25.1 Å². The van der Waals surface area contributed by atoms with Crippen LogP contribution >= 0.6 is 0 Å². The Labute approximate surface area is 123 Å². The molecule has 0 fully saturated rings. The minimum atomic E-state index is -0.398. The van der Waals surface area contributed by atoms with Crippen LogP contribution in [-0.4, -0.2) is 11.5 Å². The van der Waals surface area contributed by atoms with Crippen LogP contribution in [0.5, 0.6) is 5.75 Å². The van der Waals surface area contributed by atoms with E-state index >= 15 is 0 Å². The summed E-state index contributed by atoms with van der Waals surface area (Å²) in [5.74, 6) is 0.857. The standard InChI is InChI=1S/C16H18N2O3/c1-2-10-21-16-8-6-13(7-9-16)12-17-14-4-3-5-15(11-14)18(19)20/h3-9,11,17H,2,10,12H2,1H3. The molecule has 0 saturated heterocycles. The first-order valence-corrected chi connectivity index (χ1v) is 6.89. The van der Waals surface area contributed by atoms with Crippen molar-refractivity contribution in [3.63, 3.8) is 0 Å². The van der Waals surface area contributed by atoms with Crippen LogP contribution in [0.3, 0.4) is 0 Å². The highest BCUT2D eigenvalue weighted by atomic mass is 16.6. The second-order valence-electron chi connectivity index (χ2n) is 4.65. The number of hydrogen-bond acceptors (Lipinski definition) is 4. The van der Waals surface area contributed by atoms with Crippen molar-refractivity contribution in [3.05, 3.63) is 64.2 Å². The number of non-ortho nitro benzene ring substituents is 1.